The van der Waals surface area contributed by atoms with Gasteiger partial charge in [0.05, 0.1) is 6.54 Å². The zero-order valence-corrected chi connectivity index (χ0v) is 19.7. The summed E-state index contributed by atoms with van der Waals surface area (Å²) in [6.07, 6.45) is 4.91. The first-order valence-corrected chi connectivity index (χ1v) is 11.9. The Labute approximate surface area is 194 Å². The standard InChI is InChI=1S/C25H33N5O3/c1-4-12-29-23(32)21-14-20(22(31)26-15-18-9-7-8-17(2)13-18)28-30(21)16-25(29,3)24(33)27-19-10-5-6-11-19/h7-9,13-14,19H,4-6,10-12,15-16H2,1-3H3,(H,26,31)(H,27,33)/t25-/m0/s1. The van der Waals surface area contributed by atoms with Crippen molar-refractivity contribution in [2.75, 3.05) is 6.54 Å². The third-order valence-corrected chi connectivity index (χ3v) is 6.69. The largest absolute Gasteiger partial charge is 0.351 e. The van der Waals surface area contributed by atoms with Crippen molar-refractivity contribution in [2.24, 2.45) is 0 Å². The average Bonchev–Trinajstić information content (AvgIpc) is 3.45. The highest BCUT2D eigenvalue weighted by Gasteiger charge is 2.48. The van der Waals surface area contributed by atoms with Gasteiger partial charge in [0.25, 0.3) is 11.8 Å². The number of hydrogen-bond acceptors (Lipinski definition) is 4. The number of fused-ring (bicyclic) bond motifs is 1. The molecule has 2 heterocycles. The lowest BCUT2D eigenvalue weighted by Crippen LogP contribution is -2.65. The van der Waals surface area contributed by atoms with Crippen molar-refractivity contribution in [3.05, 3.63) is 52.8 Å². The number of nitrogens with zero attached hydrogens (tertiary/aromatic N) is 3. The third kappa shape index (κ3) is 4.65. The van der Waals surface area contributed by atoms with Gasteiger partial charge in [-0.1, -0.05) is 49.6 Å². The van der Waals surface area contributed by atoms with Crippen LogP contribution in [0.3, 0.4) is 0 Å². The molecule has 2 aliphatic rings. The highest BCUT2D eigenvalue weighted by molar-refractivity contribution is 6.01. The Hall–Kier alpha value is -3.16. The van der Waals surface area contributed by atoms with Gasteiger partial charge in [0.1, 0.15) is 11.2 Å². The van der Waals surface area contributed by atoms with Crippen LogP contribution in [0.4, 0.5) is 0 Å². The third-order valence-electron chi connectivity index (χ3n) is 6.69. The lowest BCUT2D eigenvalue weighted by atomic mass is 9.94. The van der Waals surface area contributed by atoms with Crippen molar-refractivity contribution < 1.29 is 14.4 Å². The molecule has 1 fully saturated rings. The predicted octanol–water partition coefficient (Wildman–Crippen LogP) is 2.80. The molecule has 2 aromatic rings. The van der Waals surface area contributed by atoms with Gasteiger partial charge in [0.2, 0.25) is 5.91 Å². The molecular formula is C25H33N5O3. The van der Waals surface area contributed by atoms with Crippen LogP contribution in [0.2, 0.25) is 0 Å². The molecule has 176 valence electrons. The van der Waals surface area contributed by atoms with E-state index in [4.69, 9.17) is 0 Å². The van der Waals surface area contributed by atoms with E-state index in [0.29, 0.717) is 18.8 Å². The van der Waals surface area contributed by atoms with Crippen LogP contribution < -0.4 is 10.6 Å². The quantitative estimate of drug-likeness (QED) is 0.677. The molecule has 1 aliphatic carbocycles. The zero-order valence-electron chi connectivity index (χ0n) is 19.7. The Morgan fingerprint density at radius 2 is 1.97 bits per heavy atom. The van der Waals surface area contributed by atoms with Crippen LogP contribution in [0.1, 0.15) is 78.1 Å². The summed E-state index contributed by atoms with van der Waals surface area (Å²) in [5, 5.41) is 10.4. The molecule has 3 amide bonds. The molecule has 0 unspecified atom stereocenters. The van der Waals surface area contributed by atoms with Gasteiger partial charge >= 0.3 is 0 Å². The van der Waals surface area contributed by atoms with Crippen molar-refractivity contribution in [1.29, 1.82) is 0 Å². The maximum atomic E-state index is 13.4. The molecule has 8 heteroatoms. The molecule has 0 saturated heterocycles. The molecule has 1 atom stereocenters. The summed E-state index contributed by atoms with van der Waals surface area (Å²) in [7, 11) is 0. The summed E-state index contributed by atoms with van der Waals surface area (Å²) in [5.41, 5.74) is 1.59. The van der Waals surface area contributed by atoms with E-state index >= 15 is 0 Å². The second kappa shape index (κ2) is 9.37. The molecular weight excluding hydrogens is 418 g/mol. The summed E-state index contributed by atoms with van der Waals surface area (Å²) < 4.78 is 1.52. The smallest absolute Gasteiger partial charge is 0.273 e. The first kappa shape index (κ1) is 23.0. The second-order valence-corrected chi connectivity index (χ2v) is 9.43. The maximum absolute atomic E-state index is 13.4. The molecule has 1 aromatic carbocycles. The van der Waals surface area contributed by atoms with Gasteiger partial charge < -0.3 is 15.5 Å². The van der Waals surface area contributed by atoms with Gasteiger partial charge in [-0.15, -0.1) is 0 Å². The Bertz CT molecular complexity index is 1060. The van der Waals surface area contributed by atoms with E-state index in [9.17, 15) is 14.4 Å². The van der Waals surface area contributed by atoms with Crippen LogP contribution in [-0.4, -0.2) is 50.5 Å². The Kier molecular flexibility index (Phi) is 6.54. The van der Waals surface area contributed by atoms with Crippen LogP contribution in [0, 0.1) is 6.92 Å². The number of nitrogens with one attached hydrogen (secondary N) is 2. The average molecular weight is 452 g/mol. The van der Waals surface area contributed by atoms with E-state index in [1.54, 1.807) is 11.8 Å². The minimum atomic E-state index is -1.05. The predicted molar refractivity (Wildman–Crippen MR) is 125 cm³/mol. The van der Waals surface area contributed by atoms with Crippen LogP contribution in [0.5, 0.6) is 0 Å². The number of amides is 3. The minimum Gasteiger partial charge on any atom is -0.351 e. The van der Waals surface area contributed by atoms with Gasteiger partial charge in [-0.3, -0.25) is 19.1 Å². The molecule has 1 aromatic heterocycles. The van der Waals surface area contributed by atoms with E-state index < -0.39 is 5.54 Å². The fraction of sp³-hybridized carbons (Fsp3) is 0.520. The van der Waals surface area contributed by atoms with Crippen LogP contribution in [0.25, 0.3) is 0 Å². The summed E-state index contributed by atoms with van der Waals surface area (Å²) in [5.74, 6) is -0.759. The van der Waals surface area contributed by atoms with Crippen LogP contribution >= 0.6 is 0 Å². The number of aryl methyl sites for hydroxylation is 1. The number of hydrogen-bond donors (Lipinski definition) is 2. The SMILES string of the molecule is CCCN1C(=O)c2cc(C(=O)NCc3cccc(C)c3)nn2C[C@@]1(C)C(=O)NC1CCCC1. The Balaban J connectivity index is 1.53. The summed E-state index contributed by atoms with van der Waals surface area (Å²) in [6.45, 7) is 6.85. The van der Waals surface area contributed by atoms with E-state index in [2.05, 4.69) is 15.7 Å². The maximum Gasteiger partial charge on any atom is 0.273 e. The van der Waals surface area contributed by atoms with Crippen LogP contribution in [0.15, 0.2) is 30.3 Å². The molecule has 0 radical (unpaired) electrons. The topological polar surface area (TPSA) is 96.3 Å². The van der Waals surface area contributed by atoms with Crippen molar-refractivity contribution in [2.45, 2.75) is 77.5 Å². The monoisotopic (exact) mass is 451 g/mol. The summed E-state index contributed by atoms with van der Waals surface area (Å²) in [6, 6.07) is 9.61. The number of carbonyl (C=O) groups is 3. The molecule has 33 heavy (non-hydrogen) atoms. The van der Waals surface area contributed by atoms with Crippen molar-refractivity contribution in [3.63, 3.8) is 0 Å². The van der Waals surface area contributed by atoms with E-state index in [1.807, 2.05) is 38.1 Å². The van der Waals surface area contributed by atoms with E-state index in [-0.39, 0.29) is 36.0 Å². The first-order chi connectivity index (χ1) is 15.8. The van der Waals surface area contributed by atoms with Gasteiger partial charge in [0.15, 0.2) is 5.69 Å². The zero-order chi connectivity index (χ0) is 23.6. The minimum absolute atomic E-state index is 0.150. The molecule has 2 N–H and O–H groups in total. The normalized spacial score (nSPS) is 20.6. The Morgan fingerprint density at radius 1 is 1.21 bits per heavy atom. The highest BCUT2D eigenvalue weighted by atomic mass is 16.2. The molecule has 0 spiro atoms. The summed E-state index contributed by atoms with van der Waals surface area (Å²) >= 11 is 0. The number of benzene rings is 1. The number of rotatable bonds is 7. The summed E-state index contributed by atoms with van der Waals surface area (Å²) in [4.78, 5) is 41.1. The van der Waals surface area contributed by atoms with Crippen molar-refractivity contribution in [1.82, 2.24) is 25.3 Å². The lowest BCUT2D eigenvalue weighted by Gasteiger charge is -2.43. The van der Waals surface area contributed by atoms with Crippen LogP contribution in [-0.2, 0) is 17.9 Å². The van der Waals surface area contributed by atoms with Crippen molar-refractivity contribution in [3.8, 4) is 0 Å². The molecule has 4 rings (SSSR count). The first-order valence-electron chi connectivity index (χ1n) is 11.9. The van der Waals surface area contributed by atoms with E-state index in [0.717, 1.165) is 43.2 Å². The number of carbonyl (C=O) groups excluding carboxylic acids is 3. The fourth-order valence-electron chi connectivity index (χ4n) is 4.83. The Morgan fingerprint density at radius 3 is 2.67 bits per heavy atom. The second-order valence-electron chi connectivity index (χ2n) is 9.43. The van der Waals surface area contributed by atoms with E-state index in [1.165, 1.54) is 10.7 Å². The lowest BCUT2D eigenvalue weighted by molar-refractivity contribution is -0.133. The van der Waals surface area contributed by atoms with Gasteiger partial charge in [0, 0.05) is 25.2 Å². The fourth-order valence-corrected chi connectivity index (χ4v) is 4.83. The van der Waals surface area contributed by atoms with Gasteiger partial charge in [-0.05, 0) is 38.7 Å². The highest BCUT2D eigenvalue weighted by Crippen LogP contribution is 2.29. The van der Waals surface area contributed by atoms with Gasteiger partial charge in [-0.2, -0.15) is 5.10 Å². The van der Waals surface area contributed by atoms with Crippen molar-refractivity contribution >= 4 is 17.7 Å². The molecule has 1 aliphatic heterocycles. The molecule has 0 bridgehead atoms. The molecule has 8 nitrogen and oxygen atoms in total. The van der Waals surface area contributed by atoms with Gasteiger partial charge in [-0.25, -0.2) is 0 Å². The molecule has 1 saturated carbocycles. The number of aromatic nitrogens is 2.